The quantitative estimate of drug-likeness (QED) is 0.573. The van der Waals surface area contributed by atoms with Crippen LogP contribution in [-0.4, -0.2) is 31.8 Å². The molecule has 2 heterocycles. The minimum Gasteiger partial charge on any atom is -0.313 e. The Hall–Kier alpha value is -0.220. The predicted molar refractivity (Wildman–Crippen MR) is 46.9 cm³/mol. The molecule has 2 N–H and O–H groups in total. The number of alkyl halides is 1. The fraction of sp³-hybridized carbons (Fsp3) is 1.00. The van der Waals surface area contributed by atoms with Gasteiger partial charge in [-0.15, -0.1) is 0 Å². The van der Waals surface area contributed by atoms with Crippen molar-refractivity contribution >= 4 is 0 Å². The van der Waals surface area contributed by atoms with Gasteiger partial charge in [0.1, 0.15) is 5.67 Å². The lowest BCUT2D eigenvalue weighted by Gasteiger charge is -2.14. The van der Waals surface area contributed by atoms with E-state index < -0.39 is 5.67 Å². The summed E-state index contributed by atoms with van der Waals surface area (Å²) in [5, 5.41) is 6.10. The SMILES string of the molecule is CC.F.FC12CNCC1CNC2. The van der Waals surface area contributed by atoms with Gasteiger partial charge in [-0.1, -0.05) is 13.8 Å². The third-order valence-corrected chi connectivity index (χ3v) is 2.35. The predicted octanol–water partition coefficient (Wildman–Crippen LogP) is 0.696. The number of hydrogen-bond donors (Lipinski definition) is 2. The molecule has 2 aliphatic rings. The number of nitrogens with one attached hydrogen (secondary N) is 2. The van der Waals surface area contributed by atoms with Crippen LogP contribution in [-0.2, 0) is 0 Å². The van der Waals surface area contributed by atoms with E-state index in [1.54, 1.807) is 0 Å². The number of rotatable bonds is 0. The summed E-state index contributed by atoms with van der Waals surface area (Å²) in [6.45, 7) is 6.79. The van der Waals surface area contributed by atoms with E-state index in [2.05, 4.69) is 10.6 Å². The highest BCUT2D eigenvalue weighted by atomic mass is 19.1. The Morgan fingerprint density at radius 3 is 1.92 bits per heavy atom. The van der Waals surface area contributed by atoms with Crippen molar-refractivity contribution in [2.45, 2.75) is 19.5 Å². The second kappa shape index (κ2) is 4.72. The molecule has 0 radical (unpaired) electrons. The Kier molecular flexibility index (Phi) is 4.63. The number of fused-ring (bicyclic) bond motifs is 1. The first-order valence-electron chi connectivity index (χ1n) is 4.42. The summed E-state index contributed by atoms with van der Waals surface area (Å²) in [7, 11) is 0. The number of halogens is 2. The molecule has 4 heteroatoms. The van der Waals surface area contributed by atoms with Crippen LogP contribution in [0.25, 0.3) is 0 Å². The first kappa shape index (κ1) is 11.8. The molecule has 2 nitrogen and oxygen atoms in total. The topological polar surface area (TPSA) is 24.1 Å². The summed E-state index contributed by atoms with van der Waals surface area (Å²) in [5.74, 6) is 0.234. The van der Waals surface area contributed by atoms with Gasteiger partial charge in [0.2, 0.25) is 0 Å². The van der Waals surface area contributed by atoms with Crippen LogP contribution < -0.4 is 10.6 Å². The monoisotopic (exact) mass is 180 g/mol. The van der Waals surface area contributed by atoms with Gasteiger partial charge >= 0.3 is 0 Å². The van der Waals surface area contributed by atoms with E-state index in [-0.39, 0.29) is 10.6 Å². The van der Waals surface area contributed by atoms with E-state index in [4.69, 9.17) is 0 Å². The minimum atomic E-state index is -0.917. The molecule has 0 bridgehead atoms. The molecule has 0 saturated carbocycles. The van der Waals surface area contributed by atoms with Crippen LogP contribution in [0.4, 0.5) is 9.09 Å². The van der Waals surface area contributed by atoms with Crippen molar-refractivity contribution in [2.24, 2.45) is 5.92 Å². The Bertz CT molecular complexity index is 120. The van der Waals surface area contributed by atoms with Crippen molar-refractivity contribution in [3.05, 3.63) is 0 Å². The van der Waals surface area contributed by atoms with Crippen LogP contribution in [0.3, 0.4) is 0 Å². The lowest BCUT2D eigenvalue weighted by Crippen LogP contribution is -2.33. The van der Waals surface area contributed by atoms with E-state index in [9.17, 15) is 4.39 Å². The zero-order valence-electron chi connectivity index (χ0n) is 7.69. The largest absolute Gasteiger partial charge is 0.313 e. The van der Waals surface area contributed by atoms with E-state index in [0.29, 0.717) is 13.1 Å². The minimum absolute atomic E-state index is 0. The fourth-order valence-corrected chi connectivity index (χ4v) is 1.70. The van der Waals surface area contributed by atoms with Gasteiger partial charge in [0.15, 0.2) is 0 Å². The van der Waals surface area contributed by atoms with Crippen molar-refractivity contribution in [1.29, 1.82) is 0 Å². The Balaban J connectivity index is 0.000000378. The van der Waals surface area contributed by atoms with Crippen molar-refractivity contribution in [2.75, 3.05) is 26.2 Å². The maximum Gasteiger partial charge on any atom is 0.140 e. The van der Waals surface area contributed by atoms with Gasteiger partial charge < -0.3 is 10.6 Å². The lowest BCUT2D eigenvalue weighted by molar-refractivity contribution is 0.177. The van der Waals surface area contributed by atoms with Crippen LogP contribution in [0.15, 0.2) is 0 Å². The maximum absolute atomic E-state index is 13.4. The second-order valence-corrected chi connectivity index (χ2v) is 2.99. The lowest BCUT2D eigenvalue weighted by atomic mass is 9.97. The maximum atomic E-state index is 13.4. The average molecular weight is 180 g/mol. The molecular weight excluding hydrogens is 162 g/mol. The standard InChI is InChI=1S/C6H11FN2.C2H6.FH/c7-6-3-8-1-5(6)2-9-4-6;1-2;/h5,8-9H,1-4H2;1-2H3;1H. The number of hydrogen-bond acceptors (Lipinski definition) is 2. The fourth-order valence-electron chi connectivity index (χ4n) is 1.70. The van der Waals surface area contributed by atoms with Crippen molar-refractivity contribution in [1.82, 2.24) is 10.6 Å². The molecule has 0 unspecified atom stereocenters. The summed E-state index contributed by atoms with van der Waals surface area (Å²) in [6.07, 6.45) is 0. The highest BCUT2D eigenvalue weighted by molar-refractivity contribution is 5.02. The van der Waals surface area contributed by atoms with Gasteiger partial charge in [-0.25, -0.2) is 4.39 Å². The van der Waals surface area contributed by atoms with Crippen molar-refractivity contribution in [3.8, 4) is 0 Å². The molecule has 2 saturated heterocycles. The molecule has 0 aromatic rings. The van der Waals surface area contributed by atoms with Crippen LogP contribution in [0.2, 0.25) is 0 Å². The molecule has 2 fully saturated rings. The van der Waals surface area contributed by atoms with Crippen LogP contribution >= 0.6 is 0 Å². The Morgan fingerprint density at radius 2 is 1.58 bits per heavy atom. The third-order valence-electron chi connectivity index (χ3n) is 2.35. The molecular formula is C8H18F2N2. The Labute approximate surface area is 72.3 Å². The molecule has 2 aliphatic heterocycles. The van der Waals surface area contributed by atoms with E-state index in [1.807, 2.05) is 13.8 Å². The summed E-state index contributed by atoms with van der Waals surface area (Å²) in [4.78, 5) is 0. The van der Waals surface area contributed by atoms with E-state index in [0.717, 1.165) is 13.1 Å². The highest BCUT2D eigenvalue weighted by Gasteiger charge is 2.46. The molecule has 0 amide bonds. The summed E-state index contributed by atoms with van der Waals surface area (Å²) in [6, 6.07) is 0. The van der Waals surface area contributed by atoms with Gasteiger partial charge in [-0.3, -0.25) is 4.70 Å². The molecule has 74 valence electrons. The summed E-state index contributed by atoms with van der Waals surface area (Å²) in [5.41, 5.74) is -0.917. The molecule has 2 rings (SSSR count). The molecule has 0 aliphatic carbocycles. The summed E-state index contributed by atoms with van der Waals surface area (Å²) < 4.78 is 13.4. The average Bonchev–Trinajstić information content (AvgIpc) is 2.49. The van der Waals surface area contributed by atoms with Crippen LogP contribution in [0.1, 0.15) is 13.8 Å². The molecule has 0 aromatic heterocycles. The molecule has 0 aromatic carbocycles. The Morgan fingerprint density at radius 1 is 1.17 bits per heavy atom. The second-order valence-electron chi connectivity index (χ2n) is 2.99. The van der Waals surface area contributed by atoms with Crippen molar-refractivity contribution in [3.63, 3.8) is 0 Å². The summed E-state index contributed by atoms with van der Waals surface area (Å²) >= 11 is 0. The molecule has 0 atom stereocenters. The van der Waals surface area contributed by atoms with Crippen LogP contribution in [0.5, 0.6) is 0 Å². The normalized spacial score (nSPS) is 37.8. The molecule has 12 heavy (non-hydrogen) atoms. The van der Waals surface area contributed by atoms with Gasteiger partial charge in [0.05, 0.1) is 0 Å². The van der Waals surface area contributed by atoms with Gasteiger partial charge in [-0.05, 0) is 0 Å². The van der Waals surface area contributed by atoms with Crippen molar-refractivity contribution < 1.29 is 9.09 Å². The van der Waals surface area contributed by atoms with Gasteiger partial charge in [-0.2, -0.15) is 0 Å². The van der Waals surface area contributed by atoms with Crippen LogP contribution in [0, 0.1) is 5.92 Å². The zero-order valence-corrected chi connectivity index (χ0v) is 7.69. The third kappa shape index (κ3) is 1.93. The van der Waals surface area contributed by atoms with E-state index in [1.165, 1.54) is 0 Å². The smallest absolute Gasteiger partial charge is 0.140 e. The first-order valence-corrected chi connectivity index (χ1v) is 4.42. The highest BCUT2D eigenvalue weighted by Crippen LogP contribution is 2.28. The first-order chi connectivity index (χ1) is 5.31. The van der Waals surface area contributed by atoms with Gasteiger partial charge in [0.25, 0.3) is 0 Å². The van der Waals surface area contributed by atoms with E-state index >= 15 is 0 Å². The zero-order chi connectivity index (χ0) is 8.32. The molecule has 0 spiro atoms. The van der Waals surface area contributed by atoms with Gasteiger partial charge in [0, 0.05) is 32.1 Å².